The van der Waals surface area contributed by atoms with E-state index in [0.29, 0.717) is 5.92 Å². The molecule has 2 aromatic rings. The van der Waals surface area contributed by atoms with Gasteiger partial charge in [-0.25, -0.2) is 0 Å². The van der Waals surface area contributed by atoms with Gasteiger partial charge in [0.1, 0.15) is 5.01 Å². The van der Waals surface area contributed by atoms with Crippen LogP contribution in [0.15, 0.2) is 22.8 Å². The molecular formula is C13H19N3OS. The zero-order valence-electron chi connectivity index (χ0n) is 10.8. The maximum atomic E-state index is 5.30. The summed E-state index contributed by atoms with van der Waals surface area (Å²) in [6.07, 6.45) is 3.73. The first-order valence-electron chi connectivity index (χ1n) is 6.32. The Morgan fingerprint density at radius 2 is 2.28 bits per heavy atom. The van der Waals surface area contributed by atoms with E-state index < -0.39 is 0 Å². The van der Waals surface area contributed by atoms with Gasteiger partial charge in [-0.05, 0) is 37.6 Å². The summed E-state index contributed by atoms with van der Waals surface area (Å²) in [5.74, 6) is 1.51. The molecular weight excluding hydrogens is 246 g/mol. The summed E-state index contributed by atoms with van der Waals surface area (Å²) in [6, 6.07) is 3.78. The number of nitrogens with one attached hydrogen (secondary N) is 1. The molecule has 0 aliphatic carbocycles. The molecule has 0 amide bonds. The van der Waals surface area contributed by atoms with Crippen LogP contribution < -0.4 is 5.32 Å². The van der Waals surface area contributed by atoms with Crippen molar-refractivity contribution in [1.82, 2.24) is 15.5 Å². The molecule has 1 N–H and O–H groups in total. The highest BCUT2D eigenvalue weighted by Gasteiger charge is 2.08. The lowest BCUT2D eigenvalue weighted by molar-refractivity contribution is 0.542. The van der Waals surface area contributed by atoms with Crippen LogP contribution in [0.4, 0.5) is 0 Å². The lowest BCUT2D eigenvalue weighted by Crippen LogP contribution is -2.21. The minimum Gasteiger partial charge on any atom is -0.462 e. The van der Waals surface area contributed by atoms with Gasteiger partial charge >= 0.3 is 0 Å². The second-order valence-electron chi connectivity index (χ2n) is 4.68. The fourth-order valence-electron chi connectivity index (χ4n) is 1.61. The first-order valence-corrected chi connectivity index (χ1v) is 7.14. The van der Waals surface area contributed by atoms with Crippen LogP contribution in [-0.4, -0.2) is 23.3 Å². The molecule has 18 heavy (non-hydrogen) atoms. The number of rotatable bonds is 7. The third-order valence-electron chi connectivity index (χ3n) is 2.50. The van der Waals surface area contributed by atoms with Crippen molar-refractivity contribution >= 4 is 11.3 Å². The molecule has 0 saturated carbocycles. The molecule has 0 aliphatic rings. The normalized spacial score (nSPS) is 11.3. The van der Waals surface area contributed by atoms with Crippen molar-refractivity contribution in [3.63, 3.8) is 0 Å². The van der Waals surface area contributed by atoms with Gasteiger partial charge in [0.15, 0.2) is 10.8 Å². The molecule has 0 aliphatic heterocycles. The highest BCUT2D eigenvalue weighted by atomic mass is 32.1. The summed E-state index contributed by atoms with van der Waals surface area (Å²) < 4.78 is 5.30. The molecule has 0 spiro atoms. The zero-order valence-corrected chi connectivity index (χ0v) is 11.7. The molecule has 0 unspecified atom stereocenters. The number of hydrogen-bond acceptors (Lipinski definition) is 5. The Bertz CT molecular complexity index is 451. The molecule has 0 fully saturated rings. The largest absolute Gasteiger partial charge is 0.462 e. The Hall–Kier alpha value is -1.20. The zero-order chi connectivity index (χ0) is 12.8. The van der Waals surface area contributed by atoms with E-state index in [1.165, 1.54) is 0 Å². The second kappa shape index (κ2) is 6.66. The van der Waals surface area contributed by atoms with Gasteiger partial charge in [-0.2, -0.15) is 0 Å². The van der Waals surface area contributed by atoms with E-state index in [1.807, 2.05) is 12.1 Å². The average molecular weight is 265 g/mol. The Labute approximate surface area is 111 Å². The number of aromatic nitrogens is 2. The minimum atomic E-state index is 0.706. The summed E-state index contributed by atoms with van der Waals surface area (Å²) in [4.78, 5) is 0. The van der Waals surface area contributed by atoms with Crippen LogP contribution in [0.3, 0.4) is 0 Å². The molecule has 98 valence electrons. The predicted molar refractivity (Wildman–Crippen MR) is 73.6 cm³/mol. The molecule has 0 aromatic carbocycles. The first kappa shape index (κ1) is 13.2. The van der Waals surface area contributed by atoms with Crippen LogP contribution in [0.5, 0.6) is 0 Å². The highest BCUT2D eigenvalue weighted by molar-refractivity contribution is 7.14. The first-order chi connectivity index (χ1) is 8.75. The average Bonchev–Trinajstić information content (AvgIpc) is 2.98. The van der Waals surface area contributed by atoms with Crippen molar-refractivity contribution in [2.24, 2.45) is 5.92 Å². The standard InChI is InChI=1S/C13H19N3OS/c1-10(2)9-14-7-3-6-12-15-16-13(18-12)11-5-4-8-17-11/h4-5,8,10,14H,3,6-7,9H2,1-2H3. The molecule has 4 nitrogen and oxygen atoms in total. The Balaban J connectivity index is 1.74. The summed E-state index contributed by atoms with van der Waals surface area (Å²) in [6.45, 7) is 6.54. The van der Waals surface area contributed by atoms with E-state index in [9.17, 15) is 0 Å². The SMILES string of the molecule is CC(C)CNCCCc1nnc(-c2ccco2)s1. The van der Waals surface area contributed by atoms with Crippen LogP contribution in [0.1, 0.15) is 25.3 Å². The van der Waals surface area contributed by atoms with E-state index in [1.54, 1.807) is 17.6 Å². The van der Waals surface area contributed by atoms with Gasteiger partial charge in [0.25, 0.3) is 0 Å². The second-order valence-corrected chi connectivity index (χ2v) is 5.74. The molecule has 2 rings (SSSR count). The topological polar surface area (TPSA) is 51.0 Å². The van der Waals surface area contributed by atoms with Gasteiger partial charge < -0.3 is 9.73 Å². The fourth-order valence-corrected chi connectivity index (χ4v) is 2.46. The Morgan fingerprint density at radius 1 is 1.39 bits per heavy atom. The highest BCUT2D eigenvalue weighted by Crippen LogP contribution is 2.24. The lowest BCUT2D eigenvalue weighted by Gasteiger charge is -2.05. The van der Waals surface area contributed by atoms with Gasteiger partial charge in [-0.3, -0.25) is 0 Å². The van der Waals surface area contributed by atoms with E-state index in [0.717, 1.165) is 41.7 Å². The summed E-state index contributed by atoms with van der Waals surface area (Å²) in [7, 11) is 0. The van der Waals surface area contributed by atoms with Gasteiger partial charge in [0.2, 0.25) is 0 Å². The van der Waals surface area contributed by atoms with Crippen LogP contribution in [0, 0.1) is 5.92 Å². The number of nitrogens with zero attached hydrogens (tertiary/aromatic N) is 2. The Kier molecular flexibility index (Phi) is 4.90. The molecule has 0 radical (unpaired) electrons. The summed E-state index contributed by atoms with van der Waals surface area (Å²) in [5, 5.41) is 13.7. The quantitative estimate of drug-likeness (QED) is 0.782. The van der Waals surface area contributed by atoms with E-state index in [-0.39, 0.29) is 0 Å². The van der Waals surface area contributed by atoms with E-state index in [4.69, 9.17) is 4.42 Å². The predicted octanol–water partition coefficient (Wildman–Crippen LogP) is 2.98. The van der Waals surface area contributed by atoms with Crippen LogP contribution in [0.25, 0.3) is 10.8 Å². The third-order valence-corrected chi connectivity index (χ3v) is 3.49. The summed E-state index contributed by atoms with van der Waals surface area (Å²) >= 11 is 1.61. The molecule has 0 atom stereocenters. The summed E-state index contributed by atoms with van der Waals surface area (Å²) in [5.41, 5.74) is 0. The van der Waals surface area contributed by atoms with E-state index in [2.05, 4.69) is 29.4 Å². The van der Waals surface area contributed by atoms with E-state index >= 15 is 0 Å². The monoisotopic (exact) mass is 265 g/mol. The van der Waals surface area contributed by atoms with Gasteiger partial charge in [0.05, 0.1) is 6.26 Å². The van der Waals surface area contributed by atoms with Gasteiger partial charge in [0, 0.05) is 6.42 Å². The Morgan fingerprint density at radius 3 is 3.00 bits per heavy atom. The van der Waals surface area contributed by atoms with Crippen LogP contribution >= 0.6 is 11.3 Å². The number of furan rings is 1. The molecule has 2 heterocycles. The van der Waals surface area contributed by atoms with Crippen molar-refractivity contribution in [2.75, 3.05) is 13.1 Å². The van der Waals surface area contributed by atoms with Gasteiger partial charge in [-0.15, -0.1) is 10.2 Å². The number of hydrogen-bond donors (Lipinski definition) is 1. The molecule has 2 aromatic heterocycles. The van der Waals surface area contributed by atoms with Crippen molar-refractivity contribution in [3.05, 3.63) is 23.4 Å². The maximum absolute atomic E-state index is 5.30. The lowest BCUT2D eigenvalue weighted by atomic mass is 10.2. The minimum absolute atomic E-state index is 0.706. The van der Waals surface area contributed by atoms with Gasteiger partial charge in [-0.1, -0.05) is 25.2 Å². The molecule has 0 saturated heterocycles. The maximum Gasteiger partial charge on any atom is 0.183 e. The van der Waals surface area contributed by atoms with Crippen molar-refractivity contribution in [3.8, 4) is 10.8 Å². The van der Waals surface area contributed by atoms with Crippen LogP contribution in [-0.2, 0) is 6.42 Å². The van der Waals surface area contributed by atoms with Crippen molar-refractivity contribution in [1.29, 1.82) is 0 Å². The molecule has 0 bridgehead atoms. The number of aryl methyl sites for hydroxylation is 1. The van der Waals surface area contributed by atoms with Crippen LogP contribution in [0.2, 0.25) is 0 Å². The molecule has 5 heteroatoms. The smallest absolute Gasteiger partial charge is 0.183 e. The fraction of sp³-hybridized carbons (Fsp3) is 0.538. The van der Waals surface area contributed by atoms with Crippen molar-refractivity contribution < 1.29 is 4.42 Å². The van der Waals surface area contributed by atoms with Crippen molar-refractivity contribution in [2.45, 2.75) is 26.7 Å². The third kappa shape index (κ3) is 3.92.